The first kappa shape index (κ1) is 10.4. The van der Waals surface area contributed by atoms with Crippen LogP contribution in [0.5, 0.6) is 0 Å². The van der Waals surface area contributed by atoms with Gasteiger partial charge in [0.25, 0.3) is 11.1 Å². The molecule has 4 heteroatoms. The molecule has 2 rings (SSSR count). The molecule has 0 unspecified atom stereocenters. The van der Waals surface area contributed by atoms with Crippen molar-refractivity contribution in [2.75, 3.05) is 0 Å². The van der Waals surface area contributed by atoms with Gasteiger partial charge in [0.05, 0.1) is 5.69 Å². The first-order valence-corrected chi connectivity index (χ1v) is 5.12. The fourth-order valence-electron chi connectivity index (χ4n) is 1.65. The topological polar surface area (TPSA) is 44.0 Å². The lowest BCUT2D eigenvalue weighted by Gasteiger charge is -2.12. The van der Waals surface area contributed by atoms with Gasteiger partial charge in [-0.3, -0.25) is 9.59 Å². The third kappa shape index (κ3) is 1.69. The van der Waals surface area contributed by atoms with Crippen LogP contribution in [0.2, 0.25) is 0 Å². The molecule has 0 bridgehead atoms. The Balaban J connectivity index is 2.79. The number of benzene rings is 1. The molecular formula is C12H12N2O2. The van der Waals surface area contributed by atoms with Crippen LogP contribution in [0.25, 0.3) is 5.69 Å². The second-order valence-electron chi connectivity index (χ2n) is 3.37. The molecule has 2 aromatic rings. The van der Waals surface area contributed by atoms with Gasteiger partial charge in [-0.25, -0.2) is 9.36 Å². The smallest absolute Gasteiger partial charge is 0.268 e. The van der Waals surface area contributed by atoms with Crippen LogP contribution in [0.1, 0.15) is 6.92 Å². The maximum atomic E-state index is 11.8. The number of hydrogen-bond acceptors (Lipinski definition) is 2. The molecule has 16 heavy (non-hydrogen) atoms. The Bertz CT molecular complexity index is 596. The fraction of sp³-hybridized carbons (Fsp3) is 0.167. The summed E-state index contributed by atoms with van der Waals surface area (Å²) < 4.78 is 2.81. The summed E-state index contributed by atoms with van der Waals surface area (Å²) in [5.74, 6) is 0. The largest absolute Gasteiger partial charge is 0.270 e. The molecule has 0 atom stereocenters. The van der Waals surface area contributed by atoms with Crippen LogP contribution < -0.4 is 11.1 Å². The van der Waals surface area contributed by atoms with Crippen molar-refractivity contribution >= 4 is 0 Å². The number of hydrogen-bond donors (Lipinski definition) is 0. The van der Waals surface area contributed by atoms with Gasteiger partial charge < -0.3 is 0 Å². The second kappa shape index (κ2) is 4.18. The van der Waals surface area contributed by atoms with Crippen molar-refractivity contribution in [3.05, 3.63) is 63.2 Å². The van der Waals surface area contributed by atoms with E-state index in [4.69, 9.17) is 0 Å². The third-order valence-electron chi connectivity index (χ3n) is 2.37. The van der Waals surface area contributed by atoms with Crippen molar-refractivity contribution < 1.29 is 0 Å². The molecule has 0 saturated carbocycles. The van der Waals surface area contributed by atoms with Gasteiger partial charge in [-0.05, 0) is 19.1 Å². The highest BCUT2D eigenvalue weighted by molar-refractivity contribution is 5.29. The van der Waals surface area contributed by atoms with Gasteiger partial charge in [-0.2, -0.15) is 0 Å². The van der Waals surface area contributed by atoms with E-state index in [0.29, 0.717) is 12.2 Å². The maximum absolute atomic E-state index is 11.8. The van der Waals surface area contributed by atoms with Crippen LogP contribution in [0.3, 0.4) is 0 Å². The van der Waals surface area contributed by atoms with E-state index >= 15 is 0 Å². The average Bonchev–Trinajstić information content (AvgIpc) is 2.33. The van der Waals surface area contributed by atoms with Crippen molar-refractivity contribution in [3.8, 4) is 5.69 Å². The summed E-state index contributed by atoms with van der Waals surface area (Å²) >= 11 is 0. The summed E-state index contributed by atoms with van der Waals surface area (Å²) in [4.78, 5) is 23.4. The highest BCUT2D eigenvalue weighted by atomic mass is 16.2. The summed E-state index contributed by atoms with van der Waals surface area (Å²) in [7, 11) is 0. The zero-order valence-electron chi connectivity index (χ0n) is 8.96. The standard InChI is InChI=1S/C12H12N2O2/c1-2-13-11(15)8-9-12(16)14(13)10-6-4-3-5-7-10/h3-9H,2H2,1H3. The number of aromatic nitrogens is 2. The molecule has 0 fully saturated rings. The third-order valence-corrected chi connectivity index (χ3v) is 2.37. The molecule has 1 heterocycles. The average molecular weight is 216 g/mol. The number of rotatable bonds is 2. The Labute approximate surface area is 92.4 Å². The highest BCUT2D eigenvalue weighted by Gasteiger charge is 2.04. The molecule has 0 N–H and O–H groups in total. The van der Waals surface area contributed by atoms with E-state index in [0.717, 1.165) is 0 Å². The van der Waals surface area contributed by atoms with Gasteiger partial charge in [-0.1, -0.05) is 18.2 Å². The van der Waals surface area contributed by atoms with E-state index in [1.807, 2.05) is 25.1 Å². The molecular weight excluding hydrogens is 204 g/mol. The fourth-order valence-corrected chi connectivity index (χ4v) is 1.65. The Hall–Kier alpha value is -2.10. The quantitative estimate of drug-likeness (QED) is 0.752. The van der Waals surface area contributed by atoms with Crippen LogP contribution in [-0.2, 0) is 6.54 Å². The zero-order chi connectivity index (χ0) is 11.5. The normalized spacial score (nSPS) is 10.3. The summed E-state index contributed by atoms with van der Waals surface area (Å²) in [5.41, 5.74) is 0.325. The van der Waals surface area contributed by atoms with E-state index in [1.165, 1.54) is 21.5 Å². The molecule has 0 aliphatic carbocycles. The SMILES string of the molecule is CCn1c(=O)ccc(=O)n1-c1ccccc1. The Kier molecular flexibility index (Phi) is 2.72. The van der Waals surface area contributed by atoms with Crippen molar-refractivity contribution in [1.82, 2.24) is 9.36 Å². The van der Waals surface area contributed by atoms with E-state index in [2.05, 4.69) is 0 Å². The first-order valence-electron chi connectivity index (χ1n) is 5.12. The molecule has 0 amide bonds. The van der Waals surface area contributed by atoms with E-state index in [9.17, 15) is 9.59 Å². The van der Waals surface area contributed by atoms with Crippen molar-refractivity contribution in [2.45, 2.75) is 13.5 Å². The molecule has 0 saturated heterocycles. The van der Waals surface area contributed by atoms with Crippen LogP contribution in [-0.4, -0.2) is 9.36 Å². The molecule has 0 aliphatic rings. The minimum atomic E-state index is -0.201. The maximum Gasteiger partial charge on any atom is 0.270 e. The van der Waals surface area contributed by atoms with Crippen molar-refractivity contribution in [2.24, 2.45) is 0 Å². The van der Waals surface area contributed by atoms with Gasteiger partial charge in [0.1, 0.15) is 0 Å². The Morgan fingerprint density at radius 3 is 2.19 bits per heavy atom. The minimum Gasteiger partial charge on any atom is -0.268 e. The summed E-state index contributed by atoms with van der Waals surface area (Å²) in [6, 6.07) is 11.7. The molecule has 0 radical (unpaired) electrons. The Morgan fingerprint density at radius 1 is 0.938 bits per heavy atom. The summed E-state index contributed by atoms with van der Waals surface area (Å²) in [6.07, 6.45) is 0. The predicted molar refractivity (Wildman–Crippen MR) is 62.0 cm³/mol. The molecule has 0 aliphatic heterocycles. The lowest BCUT2D eigenvalue weighted by molar-refractivity contribution is 0.530. The monoisotopic (exact) mass is 216 g/mol. The highest BCUT2D eigenvalue weighted by Crippen LogP contribution is 2.01. The van der Waals surface area contributed by atoms with Gasteiger partial charge in [0, 0.05) is 18.7 Å². The molecule has 1 aromatic heterocycles. The van der Waals surface area contributed by atoms with E-state index in [1.54, 1.807) is 12.1 Å². The van der Waals surface area contributed by atoms with Crippen LogP contribution >= 0.6 is 0 Å². The van der Waals surface area contributed by atoms with Crippen LogP contribution in [0.4, 0.5) is 0 Å². The number of nitrogens with zero attached hydrogens (tertiary/aromatic N) is 2. The van der Waals surface area contributed by atoms with Gasteiger partial charge in [0.2, 0.25) is 0 Å². The van der Waals surface area contributed by atoms with Crippen molar-refractivity contribution in [3.63, 3.8) is 0 Å². The lowest BCUT2D eigenvalue weighted by atomic mass is 10.3. The lowest BCUT2D eigenvalue weighted by Crippen LogP contribution is -2.35. The predicted octanol–water partition coefficient (Wildman–Crippen LogP) is 1.02. The van der Waals surface area contributed by atoms with Crippen LogP contribution in [0, 0.1) is 0 Å². The van der Waals surface area contributed by atoms with Gasteiger partial charge in [-0.15, -0.1) is 0 Å². The van der Waals surface area contributed by atoms with Crippen molar-refractivity contribution in [1.29, 1.82) is 0 Å². The molecule has 4 nitrogen and oxygen atoms in total. The zero-order valence-corrected chi connectivity index (χ0v) is 8.96. The van der Waals surface area contributed by atoms with Gasteiger partial charge >= 0.3 is 0 Å². The van der Waals surface area contributed by atoms with E-state index in [-0.39, 0.29) is 11.1 Å². The second-order valence-corrected chi connectivity index (χ2v) is 3.37. The van der Waals surface area contributed by atoms with Gasteiger partial charge in [0.15, 0.2) is 0 Å². The molecule has 82 valence electrons. The molecule has 1 aromatic carbocycles. The number of para-hydroxylation sites is 1. The molecule has 0 spiro atoms. The summed E-state index contributed by atoms with van der Waals surface area (Å²) in [6.45, 7) is 2.30. The van der Waals surface area contributed by atoms with Crippen LogP contribution in [0.15, 0.2) is 52.1 Å². The first-order chi connectivity index (χ1) is 7.74. The summed E-state index contributed by atoms with van der Waals surface area (Å²) in [5, 5.41) is 0. The Morgan fingerprint density at radius 2 is 1.56 bits per heavy atom. The van der Waals surface area contributed by atoms with E-state index < -0.39 is 0 Å². The minimum absolute atomic E-state index is 0.175.